The van der Waals surface area contributed by atoms with Crippen LogP contribution in [0.4, 0.5) is 0 Å². The molecule has 0 heterocycles. The molecule has 0 aromatic heterocycles. The van der Waals surface area contributed by atoms with Gasteiger partial charge in [-0.1, -0.05) is 12.1 Å². The first kappa shape index (κ1) is 16.1. The van der Waals surface area contributed by atoms with Crippen LogP contribution in [0.1, 0.15) is 32.8 Å². The summed E-state index contributed by atoms with van der Waals surface area (Å²) in [5.41, 5.74) is 1.38. The molecule has 0 bridgehead atoms. The Morgan fingerprint density at radius 3 is 2.74 bits per heavy atom. The van der Waals surface area contributed by atoms with Crippen molar-refractivity contribution in [1.29, 1.82) is 0 Å². The highest BCUT2D eigenvalue weighted by atomic mass is 32.2. The van der Waals surface area contributed by atoms with Crippen LogP contribution in [0.25, 0.3) is 0 Å². The van der Waals surface area contributed by atoms with Gasteiger partial charge in [-0.05, 0) is 38.5 Å². The van der Waals surface area contributed by atoms with E-state index < -0.39 is 0 Å². The monoisotopic (exact) mass is 281 g/mol. The van der Waals surface area contributed by atoms with Crippen molar-refractivity contribution in [3.63, 3.8) is 0 Å². The van der Waals surface area contributed by atoms with E-state index in [-0.39, 0.29) is 11.5 Å². The topological polar surface area (TPSA) is 38.3 Å². The van der Waals surface area contributed by atoms with Gasteiger partial charge in [-0.25, -0.2) is 0 Å². The SMILES string of the molecule is COC(=O)CCSc1cccc(CNC(C)(C)C)c1. The van der Waals surface area contributed by atoms with E-state index in [1.165, 1.54) is 17.6 Å². The molecule has 0 fully saturated rings. The summed E-state index contributed by atoms with van der Waals surface area (Å²) in [6, 6.07) is 8.41. The zero-order valence-corrected chi connectivity index (χ0v) is 13.0. The fraction of sp³-hybridized carbons (Fsp3) is 0.533. The Morgan fingerprint density at radius 1 is 1.37 bits per heavy atom. The maximum absolute atomic E-state index is 11.0. The zero-order valence-electron chi connectivity index (χ0n) is 12.2. The molecule has 0 atom stereocenters. The van der Waals surface area contributed by atoms with Gasteiger partial charge >= 0.3 is 5.97 Å². The highest BCUT2D eigenvalue weighted by Crippen LogP contribution is 2.20. The smallest absolute Gasteiger partial charge is 0.306 e. The Hall–Kier alpha value is -1.00. The summed E-state index contributed by atoms with van der Waals surface area (Å²) in [6.45, 7) is 7.32. The lowest BCUT2D eigenvalue weighted by Gasteiger charge is -2.20. The van der Waals surface area contributed by atoms with Crippen molar-refractivity contribution in [2.45, 2.75) is 44.2 Å². The van der Waals surface area contributed by atoms with E-state index in [0.29, 0.717) is 6.42 Å². The molecule has 4 heteroatoms. The van der Waals surface area contributed by atoms with Gasteiger partial charge in [0.05, 0.1) is 13.5 Å². The highest BCUT2D eigenvalue weighted by Gasteiger charge is 2.08. The van der Waals surface area contributed by atoms with Crippen molar-refractivity contribution >= 4 is 17.7 Å². The van der Waals surface area contributed by atoms with Gasteiger partial charge in [0.1, 0.15) is 0 Å². The third kappa shape index (κ3) is 7.23. The number of nitrogens with one attached hydrogen (secondary N) is 1. The lowest BCUT2D eigenvalue weighted by molar-refractivity contribution is -0.140. The lowest BCUT2D eigenvalue weighted by atomic mass is 10.1. The van der Waals surface area contributed by atoms with Gasteiger partial charge in [0.25, 0.3) is 0 Å². The Bertz CT molecular complexity index is 413. The van der Waals surface area contributed by atoms with E-state index in [9.17, 15) is 4.79 Å². The maximum atomic E-state index is 11.0. The van der Waals surface area contributed by atoms with Gasteiger partial charge in [-0.2, -0.15) is 0 Å². The quantitative estimate of drug-likeness (QED) is 0.642. The second-order valence-corrected chi connectivity index (χ2v) is 6.59. The Morgan fingerprint density at radius 2 is 2.11 bits per heavy atom. The zero-order chi connectivity index (χ0) is 14.3. The summed E-state index contributed by atoms with van der Waals surface area (Å²) in [5, 5.41) is 3.47. The molecular weight excluding hydrogens is 258 g/mol. The fourth-order valence-corrected chi connectivity index (χ4v) is 2.38. The molecule has 19 heavy (non-hydrogen) atoms. The number of carbonyl (C=O) groups excluding carboxylic acids is 1. The van der Waals surface area contributed by atoms with Gasteiger partial charge in [-0.15, -0.1) is 11.8 Å². The molecule has 106 valence electrons. The van der Waals surface area contributed by atoms with Crippen LogP contribution in [0.5, 0.6) is 0 Å². The normalized spacial score (nSPS) is 11.4. The van der Waals surface area contributed by atoms with Crippen LogP contribution >= 0.6 is 11.8 Å². The summed E-state index contributed by atoms with van der Waals surface area (Å²) >= 11 is 1.68. The molecule has 0 aliphatic carbocycles. The molecule has 0 saturated heterocycles. The molecule has 0 amide bonds. The minimum Gasteiger partial charge on any atom is -0.469 e. The van der Waals surface area contributed by atoms with Gasteiger partial charge in [-0.3, -0.25) is 4.79 Å². The van der Waals surface area contributed by atoms with Crippen LogP contribution in [0.3, 0.4) is 0 Å². The van der Waals surface area contributed by atoms with Crippen LogP contribution in [0.15, 0.2) is 29.2 Å². The van der Waals surface area contributed by atoms with Crippen molar-refractivity contribution in [3.8, 4) is 0 Å². The first-order valence-electron chi connectivity index (χ1n) is 6.44. The number of ether oxygens (including phenoxy) is 1. The number of carbonyl (C=O) groups is 1. The second kappa shape index (κ2) is 7.56. The summed E-state index contributed by atoms with van der Waals surface area (Å²) < 4.78 is 4.63. The van der Waals surface area contributed by atoms with Crippen LogP contribution < -0.4 is 5.32 Å². The molecule has 0 aliphatic heterocycles. The first-order chi connectivity index (χ1) is 8.90. The molecule has 1 aromatic rings. The van der Waals surface area contributed by atoms with Crippen molar-refractivity contribution in [2.24, 2.45) is 0 Å². The Balaban J connectivity index is 2.45. The van der Waals surface area contributed by atoms with Gasteiger partial charge in [0, 0.05) is 22.7 Å². The molecule has 0 unspecified atom stereocenters. The summed E-state index contributed by atoms with van der Waals surface area (Å²) in [6.07, 6.45) is 0.450. The van der Waals surface area contributed by atoms with E-state index >= 15 is 0 Å². The van der Waals surface area contributed by atoms with E-state index in [2.05, 4.69) is 55.1 Å². The summed E-state index contributed by atoms with van der Waals surface area (Å²) in [4.78, 5) is 12.2. The molecular formula is C15H23NO2S. The molecule has 0 radical (unpaired) electrons. The standard InChI is InChI=1S/C15H23NO2S/c1-15(2,3)16-11-12-6-5-7-13(10-12)19-9-8-14(17)18-4/h5-7,10,16H,8-9,11H2,1-4H3. The minimum atomic E-state index is -0.155. The van der Waals surface area contributed by atoms with Gasteiger partial charge < -0.3 is 10.1 Å². The third-order valence-electron chi connectivity index (χ3n) is 2.52. The predicted molar refractivity (Wildman–Crippen MR) is 80.4 cm³/mol. The van der Waals surface area contributed by atoms with Crippen LogP contribution in [0.2, 0.25) is 0 Å². The molecule has 3 nitrogen and oxygen atoms in total. The largest absolute Gasteiger partial charge is 0.469 e. The molecule has 0 aliphatic rings. The van der Waals surface area contributed by atoms with E-state index in [0.717, 1.165) is 12.3 Å². The van der Waals surface area contributed by atoms with Crippen LogP contribution in [0, 0.1) is 0 Å². The molecule has 1 aromatic carbocycles. The number of thioether (sulfide) groups is 1. The Kier molecular flexibility index (Phi) is 6.38. The fourth-order valence-electron chi connectivity index (χ4n) is 1.47. The van der Waals surface area contributed by atoms with Crippen molar-refractivity contribution in [3.05, 3.63) is 29.8 Å². The number of hydrogen-bond donors (Lipinski definition) is 1. The average molecular weight is 281 g/mol. The number of rotatable bonds is 6. The van der Waals surface area contributed by atoms with Crippen molar-refractivity contribution < 1.29 is 9.53 Å². The summed E-state index contributed by atoms with van der Waals surface area (Å²) in [5.74, 6) is 0.598. The Labute approximate surface area is 120 Å². The number of methoxy groups -OCH3 is 1. The predicted octanol–water partition coefficient (Wildman–Crippen LogP) is 3.23. The van der Waals surface area contributed by atoms with E-state index in [1.807, 2.05) is 0 Å². The first-order valence-corrected chi connectivity index (χ1v) is 7.43. The summed E-state index contributed by atoms with van der Waals surface area (Å²) in [7, 11) is 1.42. The second-order valence-electron chi connectivity index (χ2n) is 5.43. The number of benzene rings is 1. The molecule has 1 rings (SSSR count). The van der Waals surface area contributed by atoms with Crippen LogP contribution in [-0.2, 0) is 16.1 Å². The number of esters is 1. The van der Waals surface area contributed by atoms with Crippen molar-refractivity contribution in [2.75, 3.05) is 12.9 Å². The maximum Gasteiger partial charge on any atom is 0.306 e. The average Bonchev–Trinajstić information content (AvgIpc) is 2.36. The van der Waals surface area contributed by atoms with Crippen molar-refractivity contribution in [1.82, 2.24) is 5.32 Å². The molecule has 0 spiro atoms. The van der Waals surface area contributed by atoms with E-state index in [1.54, 1.807) is 11.8 Å². The van der Waals surface area contributed by atoms with Crippen LogP contribution in [-0.4, -0.2) is 24.4 Å². The molecule has 1 N–H and O–H groups in total. The highest BCUT2D eigenvalue weighted by molar-refractivity contribution is 7.99. The van der Waals surface area contributed by atoms with Gasteiger partial charge in [0.2, 0.25) is 0 Å². The number of hydrogen-bond acceptors (Lipinski definition) is 4. The molecule has 0 saturated carbocycles. The lowest BCUT2D eigenvalue weighted by Crippen LogP contribution is -2.35. The minimum absolute atomic E-state index is 0.119. The third-order valence-corrected chi connectivity index (χ3v) is 3.52. The van der Waals surface area contributed by atoms with Gasteiger partial charge in [0.15, 0.2) is 0 Å². The van der Waals surface area contributed by atoms with E-state index in [4.69, 9.17) is 0 Å².